The molecule has 1 heterocycles. The van der Waals surface area contributed by atoms with Gasteiger partial charge >= 0.3 is 0 Å². The van der Waals surface area contributed by atoms with E-state index in [4.69, 9.17) is 10.5 Å². The first-order valence-corrected chi connectivity index (χ1v) is 6.53. The van der Waals surface area contributed by atoms with E-state index in [9.17, 15) is 8.78 Å². The highest BCUT2D eigenvalue weighted by Gasteiger charge is 2.32. The molecule has 1 aromatic carbocycles. The van der Waals surface area contributed by atoms with Gasteiger partial charge in [0.1, 0.15) is 11.6 Å². The maximum Gasteiger partial charge on any atom is 0.130 e. The van der Waals surface area contributed by atoms with E-state index in [2.05, 4.69) is 0 Å². The number of benzene rings is 1. The van der Waals surface area contributed by atoms with Crippen LogP contribution in [-0.2, 0) is 4.74 Å². The van der Waals surface area contributed by atoms with E-state index in [1.54, 1.807) is 0 Å². The lowest BCUT2D eigenvalue weighted by Gasteiger charge is -2.34. The molecule has 3 atom stereocenters. The van der Waals surface area contributed by atoms with Crippen molar-refractivity contribution in [1.82, 2.24) is 4.90 Å². The van der Waals surface area contributed by atoms with E-state index < -0.39 is 11.6 Å². The number of ether oxygens (including phenoxy) is 1. The molecule has 2 rings (SSSR count). The fraction of sp³-hybridized carbons (Fsp3) is 0.571. The minimum Gasteiger partial charge on any atom is -0.377 e. The molecule has 106 valence electrons. The van der Waals surface area contributed by atoms with Gasteiger partial charge in [-0.2, -0.15) is 0 Å². The Morgan fingerprint density at radius 1 is 1.47 bits per heavy atom. The molecule has 0 saturated carbocycles. The number of hydrogen-bond acceptors (Lipinski definition) is 3. The van der Waals surface area contributed by atoms with Crippen molar-refractivity contribution >= 4 is 0 Å². The van der Waals surface area contributed by atoms with Crippen LogP contribution in [0.4, 0.5) is 8.78 Å². The van der Waals surface area contributed by atoms with E-state index in [0.717, 1.165) is 12.5 Å². The Morgan fingerprint density at radius 2 is 2.21 bits per heavy atom. The maximum atomic E-state index is 13.9. The Bertz CT molecular complexity index is 441. The van der Waals surface area contributed by atoms with E-state index in [1.165, 1.54) is 12.1 Å². The number of nitrogens with zero attached hydrogens (tertiary/aromatic N) is 1. The number of rotatable bonds is 4. The van der Waals surface area contributed by atoms with Gasteiger partial charge in [0.25, 0.3) is 0 Å². The molecule has 1 aliphatic heterocycles. The van der Waals surface area contributed by atoms with Gasteiger partial charge < -0.3 is 10.5 Å². The first-order valence-electron chi connectivity index (χ1n) is 6.53. The van der Waals surface area contributed by atoms with Crippen LogP contribution in [0.25, 0.3) is 0 Å². The summed E-state index contributed by atoms with van der Waals surface area (Å²) in [5.74, 6) is -1.12. The predicted molar refractivity (Wildman–Crippen MR) is 69.7 cm³/mol. The highest BCUT2D eigenvalue weighted by Crippen LogP contribution is 2.28. The van der Waals surface area contributed by atoms with E-state index >= 15 is 0 Å². The van der Waals surface area contributed by atoms with Gasteiger partial charge in [-0.3, -0.25) is 4.90 Å². The lowest BCUT2D eigenvalue weighted by Crippen LogP contribution is -2.42. The van der Waals surface area contributed by atoms with Crippen LogP contribution in [0.2, 0.25) is 0 Å². The molecule has 0 bridgehead atoms. The van der Waals surface area contributed by atoms with Crippen molar-refractivity contribution in [2.45, 2.75) is 31.5 Å². The zero-order valence-electron chi connectivity index (χ0n) is 11.3. The highest BCUT2D eigenvalue weighted by molar-refractivity contribution is 5.23. The maximum absolute atomic E-state index is 13.9. The summed E-state index contributed by atoms with van der Waals surface area (Å²) in [4.78, 5) is 2.04. The third-order valence-corrected chi connectivity index (χ3v) is 3.90. The van der Waals surface area contributed by atoms with Crippen LogP contribution in [0.1, 0.15) is 24.9 Å². The number of likely N-dealkylation sites (N-methyl/N-ethyl adjacent to an activating group) is 1. The van der Waals surface area contributed by atoms with Crippen molar-refractivity contribution in [1.29, 1.82) is 0 Å². The Hall–Kier alpha value is -1.04. The minimum absolute atomic E-state index is 0.0996. The van der Waals surface area contributed by atoms with Crippen molar-refractivity contribution in [3.63, 3.8) is 0 Å². The number of halogens is 2. The molecular formula is C14H20F2N2O. The quantitative estimate of drug-likeness (QED) is 0.910. The Balaban J connectivity index is 2.23. The van der Waals surface area contributed by atoms with Crippen LogP contribution < -0.4 is 5.73 Å². The largest absolute Gasteiger partial charge is 0.377 e. The smallest absolute Gasteiger partial charge is 0.130 e. The Labute approximate surface area is 112 Å². The molecule has 1 saturated heterocycles. The molecule has 0 amide bonds. The third kappa shape index (κ3) is 2.94. The molecule has 3 unspecified atom stereocenters. The SMILES string of the molecule is CC1OCCC1N(C)C(CN)c1ccc(F)cc1F. The summed E-state index contributed by atoms with van der Waals surface area (Å²) < 4.78 is 32.4. The summed E-state index contributed by atoms with van der Waals surface area (Å²) >= 11 is 0. The minimum atomic E-state index is -0.572. The first-order chi connectivity index (χ1) is 9.04. The van der Waals surface area contributed by atoms with Crippen molar-refractivity contribution in [2.75, 3.05) is 20.2 Å². The predicted octanol–water partition coefficient (Wildman–Crippen LogP) is 2.07. The molecule has 0 aromatic heterocycles. The summed E-state index contributed by atoms with van der Waals surface area (Å²) in [6.45, 7) is 2.99. The molecule has 1 aromatic rings. The average molecular weight is 270 g/mol. The fourth-order valence-electron chi connectivity index (χ4n) is 2.77. The van der Waals surface area contributed by atoms with E-state index in [1.807, 2.05) is 18.9 Å². The molecule has 0 radical (unpaired) electrons. The number of hydrogen-bond donors (Lipinski definition) is 1. The molecule has 0 spiro atoms. The fourth-order valence-corrected chi connectivity index (χ4v) is 2.77. The molecule has 3 nitrogen and oxygen atoms in total. The summed E-state index contributed by atoms with van der Waals surface area (Å²) in [5.41, 5.74) is 6.22. The normalized spacial score (nSPS) is 24.9. The van der Waals surface area contributed by atoms with Gasteiger partial charge in [0.05, 0.1) is 6.10 Å². The standard InChI is InChI=1S/C14H20F2N2O/c1-9-13(5-6-19-9)18(2)14(8-17)11-4-3-10(15)7-12(11)16/h3-4,7,9,13-14H,5-6,8,17H2,1-2H3. The molecular weight excluding hydrogens is 250 g/mol. The molecule has 1 fully saturated rings. The molecule has 5 heteroatoms. The second-order valence-corrected chi connectivity index (χ2v) is 5.01. The molecule has 19 heavy (non-hydrogen) atoms. The highest BCUT2D eigenvalue weighted by atomic mass is 19.1. The zero-order valence-corrected chi connectivity index (χ0v) is 11.3. The summed E-state index contributed by atoms with van der Waals surface area (Å²) in [6.07, 6.45) is 0.999. The zero-order chi connectivity index (χ0) is 14.0. The second kappa shape index (κ2) is 5.94. The topological polar surface area (TPSA) is 38.5 Å². The Morgan fingerprint density at radius 3 is 2.74 bits per heavy atom. The van der Waals surface area contributed by atoms with Gasteiger partial charge in [-0.15, -0.1) is 0 Å². The van der Waals surface area contributed by atoms with Gasteiger partial charge in [0, 0.05) is 36.9 Å². The first kappa shape index (κ1) is 14.4. The van der Waals surface area contributed by atoms with Gasteiger partial charge in [-0.25, -0.2) is 8.78 Å². The van der Waals surface area contributed by atoms with Crippen LogP contribution in [0, 0.1) is 11.6 Å². The van der Waals surface area contributed by atoms with Gasteiger partial charge in [0.15, 0.2) is 0 Å². The van der Waals surface area contributed by atoms with Gasteiger partial charge in [-0.1, -0.05) is 6.07 Å². The third-order valence-electron chi connectivity index (χ3n) is 3.90. The van der Waals surface area contributed by atoms with Crippen LogP contribution in [0.15, 0.2) is 18.2 Å². The van der Waals surface area contributed by atoms with E-state index in [0.29, 0.717) is 12.2 Å². The summed E-state index contributed by atoms with van der Waals surface area (Å²) in [7, 11) is 1.91. The monoisotopic (exact) mass is 270 g/mol. The molecule has 2 N–H and O–H groups in total. The lowest BCUT2D eigenvalue weighted by molar-refractivity contribution is 0.0679. The van der Waals surface area contributed by atoms with E-state index in [-0.39, 0.29) is 24.7 Å². The van der Waals surface area contributed by atoms with Crippen LogP contribution >= 0.6 is 0 Å². The van der Waals surface area contributed by atoms with Crippen LogP contribution in [-0.4, -0.2) is 37.2 Å². The van der Waals surface area contributed by atoms with Crippen molar-refractivity contribution < 1.29 is 13.5 Å². The average Bonchev–Trinajstić information content (AvgIpc) is 2.78. The summed E-state index contributed by atoms with van der Waals surface area (Å²) in [6, 6.07) is 3.58. The number of nitrogens with two attached hydrogens (primary N) is 1. The molecule has 0 aliphatic carbocycles. The summed E-state index contributed by atoms with van der Waals surface area (Å²) in [5, 5.41) is 0. The van der Waals surface area contributed by atoms with Crippen LogP contribution in [0.5, 0.6) is 0 Å². The van der Waals surface area contributed by atoms with Crippen molar-refractivity contribution in [3.8, 4) is 0 Å². The van der Waals surface area contributed by atoms with Crippen molar-refractivity contribution in [2.24, 2.45) is 5.73 Å². The van der Waals surface area contributed by atoms with Gasteiger partial charge in [-0.05, 0) is 26.5 Å². The van der Waals surface area contributed by atoms with Crippen LogP contribution in [0.3, 0.4) is 0 Å². The second-order valence-electron chi connectivity index (χ2n) is 5.01. The lowest BCUT2D eigenvalue weighted by atomic mass is 10.0. The molecule has 1 aliphatic rings. The Kier molecular flexibility index (Phi) is 4.50. The van der Waals surface area contributed by atoms with Gasteiger partial charge in [0.2, 0.25) is 0 Å². The van der Waals surface area contributed by atoms with Crippen molar-refractivity contribution in [3.05, 3.63) is 35.4 Å².